The average Bonchev–Trinajstić information content (AvgIpc) is 3.43. The van der Waals surface area contributed by atoms with Crippen molar-refractivity contribution in [1.29, 1.82) is 0 Å². The average molecular weight is 395 g/mol. The lowest BCUT2D eigenvalue weighted by molar-refractivity contribution is -0.141. The number of carboxylic acids is 1. The van der Waals surface area contributed by atoms with Crippen LogP contribution in [0.25, 0.3) is 0 Å². The summed E-state index contributed by atoms with van der Waals surface area (Å²) in [4.78, 5) is 26.5. The van der Waals surface area contributed by atoms with Crippen molar-refractivity contribution in [3.63, 3.8) is 0 Å². The van der Waals surface area contributed by atoms with E-state index in [4.69, 9.17) is 9.47 Å². The van der Waals surface area contributed by atoms with Crippen molar-refractivity contribution < 1.29 is 24.2 Å². The van der Waals surface area contributed by atoms with E-state index >= 15 is 0 Å². The molecule has 0 bridgehead atoms. The molecule has 0 aromatic heterocycles. The van der Waals surface area contributed by atoms with Gasteiger partial charge in [-0.25, -0.2) is 0 Å². The minimum absolute atomic E-state index is 0.107. The monoisotopic (exact) mass is 395 g/mol. The first-order chi connectivity index (χ1) is 14.1. The number of ether oxygens (including phenoxy) is 2. The number of hydrogen-bond acceptors (Lipinski definition) is 4. The second-order valence-electron chi connectivity index (χ2n) is 7.65. The van der Waals surface area contributed by atoms with E-state index in [1.165, 1.54) is 0 Å². The molecular weight excluding hydrogens is 370 g/mol. The van der Waals surface area contributed by atoms with Crippen LogP contribution >= 0.6 is 0 Å². The van der Waals surface area contributed by atoms with Gasteiger partial charge in [-0.3, -0.25) is 9.59 Å². The number of nitrogens with zero attached hydrogens (tertiary/aromatic N) is 1. The number of amides is 1. The molecular formula is C23H25NO5. The molecule has 3 atom stereocenters. The Bertz CT molecular complexity index is 863. The molecule has 1 amide bonds. The summed E-state index contributed by atoms with van der Waals surface area (Å²) in [5.74, 6) is -1.24. The smallest absolute Gasteiger partial charge is 0.308 e. The first-order valence-electron chi connectivity index (χ1n) is 10.0. The van der Waals surface area contributed by atoms with Crippen LogP contribution in [0.3, 0.4) is 0 Å². The molecule has 0 radical (unpaired) electrons. The molecule has 4 rings (SSSR count). The lowest BCUT2D eigenvalue weighted by Gasteiger charge is -2.17. The van der Waals surface area contributed by atoms with Crippen LogP contribution in [-0.2, 0) is 9.53 Å². The van der Waals surface area contributed by atoms with Crippen molar-refractivity contribution in [3.8, 4) is 5.75 Å². The van der Waals surface area contributed by atoms with Gasteiger partial charge in [-0.15, -0.1) is 0 Å². The van der Waals surface area contributed by atoms with Crippen molar-refractivity contribution >= 4 is 11.9 Å². The van der Waals surface area contributed by atoms with Crippen LogP contribution < -0.4 is 4.74 Å². The molecule has 2 heterocycles. The van der Waals surface area contributed by atoms with E-state index in [0.29, 0.717) is 24.5 Å². The zero-order chi connectivity index (χ0) is 20.2. The van der Waals surface area contributed by atoms with E-state index < -0.39 is 11.9 Å². The van der Waals surface area contributed by atoms with Gasteiger partial charge < -0.3 is 19.5 Å². The molecule has 6 heteroatoms. The summed E-state index contributed by atoms with van der Waals surface area (Å²) in [6, 6.07) is 16.6. The fourth-order valence-electron chi connectivity index (χ4n) is 4.12. The van der Waals surface area contributed by atoms with Gasteiger partial charge in [-0.05, 0) is 36.6 Å². The Morgan fingerprint density at radius 3 is 2.66 bits per heavy atom. The Labute approximate surface area is 170 Å². The normalized spacial score (nSPS) is 23.9. The van der Waals surface area contributed by atoms with Crippen molar-refractivity contribution in [2.24, 2.45) is 5.92 Å². The van der Waals surface area contributed by atoms with Crippen molar-refractivity contribution in [1.82, 2.24) is 4.90 Å². The molecule has 2 fully saturated rings. The van der Waals surface area contributed by atoms with E-state index in [9.17, 15) is 14.7 Å². The van der Waals surface area contributed by atoms with Crippen LogP contribution in [0.15, 0.2) is 54.6 Å². The van der Waals surface area contributed by atoms with E-state index in [1.807, 2.05) is 36.4 Å². The molecule has 2 aromatic rings. The van der Waals surface area contributed by atoms with Crippen molar-refractivity contribution in [2.45, 2.75) is 24.9 Å². The highest BCUT2D eigenvalue weighted by Crippen LogP contribution is 2.34. The first-order valence-corrected chi connectivity index (χ1v) is 10.0. The lowest BCUT2D eigenvalue weighted by Crippen LogP contribution is -2.30. The molecule has 3 unspecified atom stereocenters. The van der Waals surface area contributed by atoms with Crippen LogP contribution in [0.5, 0.6) is 5.75 Å². The minimum Gasteiger partial charge on any atom is -0.491 e. The van der Waals surface area contributed by atoms with Crippen molar-refractivity contribution in [3.05, 3.63) is 65.7 Å². The van der Waals surface area contributed by atoms with Gasteiger partial charge in [-0.1, -0.05) is 36.4 Å². The summed E-state index contributed by atoms with van der Waals surface area (Å²) in [6.45, 7) is 1.84. The largest absolute Gasteiger partial charge is 0.491 e. The second-order valence-corrected chi connectivity index (χ2v) is 7.65. The SMILES string of the molecule is O=C(O)C1CN(C(=O)c2cccc(OCC3CCCO3)c2)CC1c1ccccc1. The molecule has 0 aliphatic carbocycles. The fourth-order valence-corrected chi connectivity index (χ4v) is 4.12. The van der Waals surface area contributed by atoms with Gasteiger partial charge in [0.05, 0.1) is 12.0 Å². The Kier molecular flexibility index (Phi) is 5.81. The third-order valence-electron chi connectivity index (χ3n) is 5.69. The van der Waals surface area contributed by atoms with Gasteiger partial charge in [0.2, 0.25) is 0 Å². The standard InChI is InChI=1S/C23H25NO5/c25-22(17-8-4-9-18(12-17)29-15-19-10-5-11-28-19)24-13-20(21(14-24)23(26)27)16-6-2-1-3-7-16/h1-4,6-9,12,19-21H,5,10-11,13-15H2,(H,26,27). The predicted octanol–water partition coefficient (Wildman–Crippen LogP) is 3.18. The topological polar surface area (TPSA) is 76.1 Å². The zero-order valence-corrected chi connectivity index (χ0v) is 16.2. The summed E-state index contributed by atoms with van der Waals surface area (Å²) in [5.41, 5.74) is 1.46. The van der Waals surface area contributed by atoms with Gasteiger partial charge in [0.1, 0.15) is 12.4 Å². The van der Waals surface area contributed by atoms with E-state index in [2.05, 4.69) is 0 Å². The Morgan fingerprint density at radius 2 is 1.93 bits per heavy atom. The van der Waals surface area contributed by atoms with Gasteiger partial charge in [-0.2, -0.15) is 0 Å². The summed E-state index contributed by atoms with van der Waals surface area (Å²) in [6.07, 6.45) is 2.15. The number of aliphatic carboxylic acids is 1. The van der Waals surface area contributed by atoms with Crippen LogP contribution in [0.1, 0.15) is 34.7 Å². The van der Waals surface area contributed by atoms with Gasteiger partial charge in [0, 0.05) is 31.2 Å². The maximum absolute atomic E-state index is 13.1. The molecule has 2 aliphatic heterocycles. The fraction of sp³-hybridized carbons (Fsp3) is 0.391. The van der Waals surface area contributed by atoms with E-state index in [0.717, 1.165) is 25.0 Å². The number of benzene rings is 2. The Balaban J connectivity index is 1.46. The summed E-state index contributed by atoms with van der Waals surface area (Å²) < 4.78 is 11.4. The second kappa shape index (κ2) is 8.66. The number of rotatable bonds is 6. The maximum atomic E-state index is 13.1. The highest BCUT2D eigenvalue weighted by molar-refractivity contribution is 5.95. The van der Waals surface area contributed by atoms with Gasteiger partial charge in [0.25, 0.3) is 5.91 Å². The van der Waals surface area contributed by atoms with Crippen LogP contribution in [0.4, 0.5) is 0 Å². The molecule has 2 aliphatic rings. The maximum Gasteiger partial charge on any atom is 0.308 e. The molecule has 29 heavy (non-hydrogen) atoms. The summed E-state index contributed by atoms with van der Waals surface area (Å²) in [5, 5.41) is 9.66. The molecule has 2 aromatic carbocycles. The summed E-state index contributed by atoms with van der Waals surface area (Å²) >= 11 is 0. The lowest BCUT2D eigenvalue weighted by atomic mass is 9.89. The number of carboxylic acid groups (broad SMARTS) is 1. The molecule has 0 saturated carbocycles. The quantitative estimate of drug-likeness (QED) is 0.813. The molecule has 6 nitrogen and oxygen atoms in total. The number of hydrogen-bond donors (Lipinski definition) is 1. The Hall–Kier alpha value is -2.86. The third kappa shape index (κ3) is 4.43. The minimum atomic E-state index is -0.872. The third-order valence-corrected chi connectivity index (χ3v) is 5.69. The number of likely N-dealkylation sites (tertiary alicyclic amines) is 1. The summed E-state index contributed by atoms with van der Waals surface area (Å²) in [7, 11) is 0. The van der Waals surface area contributed by atoms with Crippen LogP contribution in [-0.4, -0.2) is 54.3 Å². The van der Waals surface area contributed by atoms with Crippen LogP contribution in [0.2, 0.25) is 0 Å². The predicted molar refractivity (Wildman–Crippen MR) is 107 cm³/mol. The van der Waals surface area contributed by atoms with E-state index in [1.54, 1.807) is 23.1 Å². The molecule has 2 saturated heterocycles. The van der Waals surface area contributed by atoms with Gasteiger partial charge >= 0.3 is 5.97 Å². The van der Waals surface area contributed by atoms with E-state index in [-0.39, 0.29) is 24.5 Å². The molecule has 1 N–H and O–H groups in total. The Morgan fingerprint density at radius 1 is 1.10 bits per heavy atom. The highest BCUT2D eigenvalue weighted by atomic mass is 16.5. The van der Waals surface area contributed by atoms with Gasteiger partial charge in [0.15, 0.2) is 0 Å². The molecule has 0 spiro atoms. The highest BCUT2D eigenvalue weighted by Gasteiger charge is 2.40. The molecule has 152 valence electrons. The van der Waals surface area contributed by atoms with Crippen molar-refractivity contribution in [2.75, 3.05) is 26.3 Å². The van der Waals surface area contributed by atoms with Crippen LogP contribution in [0, 0.1) is 5.92 Å². The number of carbonyl (C=O) groups is 2. The zero-order valence-electron chi connectivity index (χ0n) is 16.2. The number of carbonyl (C=O) groups excluding carboxylic acids is 1. The first kappa shape index (κ1) is 19.5.